The van der Waals surface area contributed by atoms with Gasteiger partial charge in [0.25, 0.3) is 10.0 Å². The fourth-order valence-corrected chi connectivity index (χ4v) is 4.95. The van der Waals surface area contributed by atoms with Gasteiger partial charge in [0.2, 0.25) is 5.13 Å². The number of hydrogen-bond acceptors (Lipinski definition) is 7. The first kappa shape index (κ1) is 23.0. The Balaban J connectivity index is 1.84. The maximum Gasteiger partial charge on any atom is 0.266 e. The second-order valence-corrected chi connectivity index (χ2v) is 9.45. The fraction of sp³-hybridized carbons (Fsp3) is 0.529. The van der Waals surface area contributed by atoms with Gasteiger partial charge in [0, 0.05) is 22.5 Å². The number of nitrogens with zero attached hydrogens (tertiary/aromatic N) is 2. The molecule has 0 bridgehead atoms. The Morgan fingerprint density at radius 3 is 2.54 bits per heavy atom. The summed E-state index contributed by atoms with van der Waals surface area (Å²) in [5, 5.41) is 6.54. The van der Waals surface area contributed by atoms with Gasteiger partial charge in [0.15, 0.2) is 0 Å². The predicted molar refractivity (Wildman–Crippen MR) is 115 cm³/mol. The predicted octanol–water partition coefficient (Wildman–Crippen LogP) is 4.21. The van der Waals surface area contributed by atoms with Crippen LogP contribution in [0.25, 0.3) is 0 Å². The number of hydrogen-bond donors (Lipinski definition) is 3. The van der Waals surface area contributed by atoms with Crippen LogP contribution < -0.4 is 15.4 Å². The lowest BCUT2D eigenvalue weighted by Crippen LogP contribution is -2.15. The summed E-state index contributed by atoms with van der Waals surface area (Å²) in [6, 6.07) is 2.44. The number of benzene rings is 1. The van der Waals surface area contributed by atoms with E-state index in [0.717, 1.165) is 43.9 Å². The van der Waals surface area contributed by atoms with Crippen LogP contribution in [0.1, 0.15) is 39.0 Å². The molecule has 1 aromatic carbocycles. The molecule has 2 rings (SSSR count). The molecule has 0 fully saturated rings. The molecule has 0 aliphatic heterocycles. The second-order valence-electron chi connectivity index (χ2n) is 6.16. The molecule has 0 unspecified atom stereocenters. The normalized spacial score (nSPS) is 11.5. The smallest absolute Gasteiger partial charge is 0.266 e. The van der Waals surface area contributed by atoms with Crippen LogP contribution in [-0.2, 0) is 10.0 Å². The molecule has 0 radical (unpaired) electrons. The molecule has 3 N–H and O–H groups in total. The van der Waals surface area contributed by atoms with Crippen LogP contribution in [0, 0.1) is 5.82 Å². The van der Waals surface area contributed by atoms with Crippen LogP contribution >= 0.6 is 27.5 Å². The average Bonchev–Trinajstić information content (AvgIpc) is 3.14. The molecule has 2 aromatic rings. The zero-order chi connectivity index (χ0) is 20.4. The summed E-state index contributed by atoms with van der Waals surface area (Å²) in [7, 11) is -4.08. The number of anilines is 2. The van der Waals surface area contributed by atoms with Gasteiger partial charge in [-0.3, -0.25) is 4.72 Å². The fourth-order valence-electron chi connectivity index (χ4n) is 2.56. The van der Waals surface area contributed by atoms with Gasteiger partial charge >= 0.3 is 0 Å². The van der Waals surface area contributed by atoms with Crippen molar-refractivity contribution in [2.45, 2.75) is 43.9 Å². The molecule has 0 amide bonds. The minimum Gasteiger partial charge on any atom is -0.384 e. The topological polar surface area (TPSA) is 96.0 Å². The lowest BCUT2D eigenvalue weighted by molar-refractivity contribution is 0.570. The Bertz CT molecular complexity index is 834. The minimum atomic E-state index is -4.08. The van der Waals surface area contributed by atoms with Gasteiger partial charge in [-0.25, -0.2) is 17.8 Å². The maximum atomic E-state index is 14.4. The zero-order valence-corrected chi connectivity index (χ0v) is 18.9. The summed E-state index contributed by atoms with van der Waals surface area (Å²) in [6.45, 7) is 4.86. The van der Waals surface area contributed by atoms with Gasteiger partial charge in [-0.2, -0.15) is 4.37 Å². The first-order chi connectivity index (χ1) is 13.4. The molecule has 0 saturated carbocycles. The van der Waals surface area contributed by atoms with E-state index >= 15 is 0 Å². The van der Waals surface area contributed by atoms with Crippen molar-refractivity contribution in [2.75, 3.05) is 29.7 Å². The van der Waals surface area contributed by atoms with E-state index < -0.39 is 20.7 Å². The van der Waals surface area contributed by atoms with E-state index in [2.05, 4.69) is 47.6 Å². The van der Waals surface area contributed by atoms with Crippen LogP contribution in [0.15, 0.2) is 27.8 Å². The summed E-state index contributed by atoms with van der Waals surface area (Å²) in [5.74, 6) is -0.828. The number of sulfonamides is 1. The number of unbranched alkanes of at least 4 members (excludes halogenated alkanes) is 4. The third kappa shape index (κ3) is 7.26. The average molecular weight is 494 g/mol. The second kappa shape index (κ2) is 11.6. The molecule has 0 saturated heterocycles. The molecule has 11 heteroatoms. The van der Waals surface area contributed by atoms with E-state index in [0.29, 0.717) is 16.7 Å². The molecule has 1 aromatic heterocycles. The molecule has 28 heavy (non-hydrogen) atoms. The van der Waals surface area contributed by atoms with Gasteiger partial charge in [0.1, 0.15) is 17.0 Å². The largest absolute Gasteiger partial charge is 0.384 e. The first-order valence-electron chi connectivity index (χ1n) is 9.17. The van der Waals surface area contributed by atoms with Crippen molar-refractivity contribution >= 4 is 48.3 Å². The molecular weight excluding hydrogens is 469 g/mol. The maximum absolute atomic E-state index is 14.4. The lowest BCUT2D eigenvalue weighted by Gasteiger charge is -2.12. The van der Waals surface area contributed by atoms with E-state index in [1.807, 2.05) is 0 Å². The Hall–Kier alpha value is -1.30. The molecule has 0 aliphatic rings. The quantitative estimate of drug-likeness (QED) is 0.361. The third-order valence-corrected chi connectivity index (χ3v) is 6.71. The van der Waals surface area contributed by atoms with Crippen molar-refractivity contribution in [1.82, 2.24) is 14.7 Å². The van der Waals surface area contributed by atoms with Crippen LogP contribution in [0.3, 0.4) is 0 Å². The molecule has 0 atom stereocenters. The van der Waals surface area contributed by atoms with Gasteiger partial charge in [0.05, 0.1) is 5.69 Å². The van der Waals surface area contributed by atoms with E-state index in [1.54, 1.807) is 0 Å². The van der Waals surface area contributed by atoms with Crippen molar-refractivity contribution in [3.8, 4) is 0 Å². The Kier molecular flexibility index (Phi) is 9.56. The Labute approximate surface area is 177 Å². The SMILES string of the molecule is CCNCCCCCCCNc1cc(F)c(S(=O)(=O)Nc2ncns2)cc1Br. The van der Waals surface area contributed by atoms with Crippen molar-refractivity contribution in [3.05, 3.63) is 28.7 Å². The monoisotopic (exact) mass is 493 g/mol. The Morgan fingerprint density at radius 1 is 1.14 bits per heavy atom. The molecule has 7 nitrogen and oxygen atoms in total. The summed E-state index contributed by atoms with van der Waals surface area (Å²) in [4.78, 5) is 3.31. The van der Waals surface area contributed by atoms with Crippen molar-refractivity contribution in [3.63, 3.8) is 0 Å². The van der Waals surface area contributed by atoms with E-state index in [-0.39, 0.29) is 5.13 Å². The van der Waals surface area contributed by atoms with E-state index in [1.165, 1.54) is 31.3 Å². The van der Waals surface area contributed by atoms with Gasteiger partial charge in [-0.1, -0.05) is 26.2 Å². The highest BCUT2D eigenvalue weighted by atomic mass is 79.9. The highest BCUT2D eigenvalue weighted by Gasteiger charge is 2.22. The summed E-state index contributed by atoms with van der Waals surface area (Å²) in [6.07, 6.45) is 6.82. The standard InChI is InChI=1S/C17H25BrFN5O2S2/c1-2-20-8-6-4-3-5-7-9-21-15-11-14(19)16(10-13(15)18)28(25,26)24-17-22-12-23-27-17/h10-12,20-21H,2-9H2,1H3,(H,22,23,24). The van der Waals surface area contributed by atoms with Crippen LogP contribution in [0.5, 0.6) is 0 Å². The number of nitrogens with one attached hydrogen (secondary N) is 3. The van der Waals surface area contributed by atoms with Crippen molar-refractivity contribution in [1.29, 1.82) is 0 Å². The Morgan fingerprint density at radius 2 is 1.86 bits per heavy atom. The molecule has 0 aliphatic carbocycles. The zero-order valence-electron chi connectivity index (χ0n) is 15.7. The summed E-state index contributed by atoms with van der Waals surface area (Å²) >= 11 is 4.20. The van der Waals surface area contributed by atoms with Gasteiger partial charge < -0.3 is 10.6 Å². The number of aromatic nitrogens is 2. The molecule has 156 valence electrons. The van der Waals surface area contributed by atoms with E-state index in [4.69, 9.17) is 0 Å². The van der Waals surface area contributed by atoms with Crippen molar-refractivity contribution in [2.24, 2.45) is 0 Å². The third-order valence-electron chi connectivity index (χ3n) is 3.99. The lowest BCUT2D eigenvalue weighted by atomic mass is 10.1. The minimum absolute atomic E-state index is 0.0863. The first-order valence-corrected chi connectivity index (χ1v) is 12.2. The highest BCUT2D eigenvalue weighted by molar-refractivity contribution is 9.10. The number of rotatable bonds is 13. The van der Waals surface area contributed by atoms with Gasteiger partial charge in [-0.15, -0.1) is 0 Å². The van der Waals surface area contributed by atoms with E-state index in [9.17, 15) is 12.8 Å². The van der Waals surface area contributed by atoms with Gasteiger partial charge in [-0.05, 0) is 54.0 Å². The van der Waals surface area contributed by atoms with Crippen molar-refractivity contribution < 1.29 is 12.8 Å². The molecule has 1 heterocycles. The molecule has 0 spiro atoms. The van der Waals surface area contributed by atoms with Crippen LogP contribution in [0.2, 0.25) is 0 Å². The number of halogens is 2. The van der Waals surface area contributed by atoms with Crippen LogP contribution in [-0.4, -0.2) is 37.4 Å². The van der Waals surface area contributed by atoms with Crippen LogP contribution in [0.4, 0.5) is 15.2 Å². The highest BCUT2D eigenvalue weighted by Crippen LogP contribution is 2.29. The summed E-state index contributed by atoms with van der Waals surface area (Å²) in [5.41, 5.74) is 0.527. The summed E-state index contributed by atoms with van der Waals surface area (Å²) < 4.78 is 45.5. The molecular formula is C17H25BrFN5O2S2.